The topological polar surface area (TPSA) is 170 Å². The molecule has 0 radical (unpaired) electrons. The highest BCUT2D eigenvalue weighted by molar-refractivity contribution is 5.75. The maximum atomic E-state index is 12.0. The fraction of sp³-hybridized carbons (Fsp3) is 0.583. The molecular formula is C24H35NO11. The molecule has 4 atom stereocenters. The van der Waals surface area contributed by atoms with Crippen LogP contribution in [0.4, 0.5) is 14.4 Å². The van der Waals surface area contributed by atoms with Crippen molar-refractivity contribution >= 4 is 24.4 Å². The van der Waals surface area contributed by atoms with Crippen LogP contribution in [0.5, 0.6) is 11.5 Å². The number of carboxylic acid groups (broad SMARTS) is 1. The van der Waals surface area contributed by atoms with Gasteiger partial charge in [0, 0.05) is 5.92 Å². The van der Waals surface area contributed by atoms with Crippen molar-refractivity contribution in [1.82, 2.24) is 0 Å². The van der Waals surface area contributed by atoms with E-state index in [4.69, 9.17) is 34.2 Å². The van der Waals surface area contributed by atoms with E-state index in [0.29, 0.717) is 5.56 Å². The van der Waals surface area contributed by atoms with Crippen molar-refractivity contribution in [1.29, 1.82) is 0 Å². The lowest BCUT2D eigenvalue weighted by atomic mass is 9.87. The Morgan fingerprint density at radius 1 is 0.889 bits per heavy atom. The van der Waals surface area contributed by atoms with Gasteiger partial charge in [0.25, 0.3) is 0 Å². The van der Waals surface area contributed by atoms with E-state index in [1.54, 1.807) is 20.8 Å². The summed E-state index contributed by atoms with van der Waals surface area (Å²) in [7, 11) is 0. The van der Waals surface area contributed by atoms with E-state index < -0.39 is 42.5 Å². The van der Waals surface area contributed by atoms with Crippen LogP contribution >= 0.6 is 0 Å². The van der Waals surface area contributed by atoms with Crippen molar-refractivity contribution in [3.05, 3.63) is 23.8 Å². The van der Waals surface area contributed by atoms with Crippen molar-refractivity contribution in [3.8, 4) is 11.5 Å². The third-order valence-electron chi connectivity index (χ3n) is 5.09. The molecule has 0 amide bonds. The Morgan fingerprint density at radius 2 is 1.47 bits per heavy atom. The minimum Gasteiger partial charge on any atom is -0.480 e. The summed E-state index contributed by atoms with van der Waals surface area (Å²) in [5.41, 5.74) is 6.26. The van der Waals surface area contributed by atoms with Gasteiger partial charge in [-0.15, -0.1) is 0 Å². The molecule has 0 aliphatic carbocycles. The molecule has 0 aliphatic rings. The molecule has 1 aromatic rings. The van der Waals surface area contributed by atoms with Crippen molar-refractivity contribution in [3.63, 3.8) is 0 Å². The summed E-state index contributed by atoms with van der Waals surface area (Å²) in [4.78, 5) is 47.4. The van der Waals surface area contributed by atoms with E-state index in [-0.39, 0.29) is 43.7 Å². The van der Waals surface area contributed by atoms with Crippen LogP contribution in [0.15, 0.2) is 18.2 Å². The number of ether oxygens (including phenoxy) is 6. The second-order valence-corrected chi connectivity index (χ2v) is 7.99. The predicted octanol–water partition coefficient (Wildman–Crippen LogP) is 4.23. The zero-order chi connectivity index (χ0) is 27.3. The van der Waals surface area contributed by atoms with Crippen LogP contribution in [0, 0.1) is 5.92 Å². The second kappa shape index (κ2) is 15.5. The molecule has 3 N–H and O–H groups in total. The molecular weight excluding hydrogens is 478 g/mol. The lowest BCUT2D eigenvalue weighted by Crippen LogP contribution is -2.38. The van der Waals surface area contributed by atoms with Crippen LogP contribution in [-0.2, 0) is 23.7 Å². The molecule has 3 unspecified atom stereocenters. The Morgan fingerprint density at radius 3 is 2.00 bits per heavy atom. The Kier molecular flexibility index (Phi) is 13.1. The summed E-state index contributed by atoms with van der Waals surface area (Å²) in [5, 5.41) is 9.55. The lowest BCUT2D eigenvalue weighted by Gasteiger charge is -2.25. The first-order valence-corrected chi connectivity index (χ1v) is 11.7. The number of benzene rings is 1. The number of carbonyl (C=O) groups excluding carboxylic acids is 3. The zero-order valence-electron chi connectivity index (χ0n) is 21.2. The monoisotopic (exact) mass is 513 g/mol. The molecule has 202 valence electrons. The maximum Gasteiger partial charge on any atom is 0.513 e. The lowest BCUT2D eigenvalue weighted by molar-refractivity contribution is -0.139. The Bertz CT molecular complexity index is 889. The van der Waals surface area contributed by atoms with Gasteiger partial charge in [0.05, 0.1) is 19.8 Å². The van der Waals surface area contributed by atoms with Crippen molar-refractivity contribution in [2.75, 3.05) is 19.8 Å². The van der Waals surface area contributed by atoms with E-state index in [1.165, 1.54) is 18.2 Å². The molecule has 12 nitrogen and oxygen atoms in total. The molecule has 1 aromatic carbocycles. The van der Waals surface area contributed by atoms with Crippen LogP contribution in [0.3, 0.4) is 0 Å². The number of rotatable bonds is 13. The fourth-order valence-electron chi connectivity index (χ4n) is 2.99. The van der Waals surface area contributed by atoms with E-state index in [9.17, 15) is 24.3 Å². The summed E-state index contributed by atoms with van der Waals surface area (Å²) in [6, 6.07) is 2.65. The smallest absolute Gasteiger partial charge is 0.480 e. The maximum absolute atomic E-state index is 12.0. The third-order valence-corrected chi connectivity index (χ3v) is 5.09. The molecule has 0 aliphatic heterocycles. The van der Waals surface area contributed by atoms with Gasteiger partial charge in [-0.25, -0.2) is 14.4 Å². The quantitative estimate of drug-likeness (QED) is 0.219. The Hall–Kier alpha value is -3.54. The minimum atomic E-state index is -1.40. The van der Waals surface area contributed by atoms with Crippen LogP contribution in [0.25, 0.3) is 0 Å². The van der Waals surface area contributed by atoms with Gasteiger partial charge in [0.15, 0.2) is 11.5 Å². The number of hydrogen-bond donors (Lipinski definition) is 2. The Balaban J connectivity index is 3.19. The molecule has 0 aromatic heterocycles. The van der Waals surface area contributed by atoms with Gasteiger partial charge in [-0.2, -0.15) is 0 Å². The number of hydrogen-bond acceptors (Lipinski definition) is 11. The number of carbonyl (C=O) groups is 4. The second-order valence-electron chi connectivity index (χ2n) is 7.99. The summed E-state index contributed by atoms with van der Waals surface area (Å²) in [5.74, 6) is -2.41. The first kappa shape index (κ1) is 30.5. The first-order chi connectivity index (χ1) is 17.0. The largest absolute Gasteiger partial charge is 0.513 e. The average molecular weight is 514 g/mol. The standard InChI is InChI=1S/C24H35NO11/c1-6-14(4)13-33-24(30)34-15(5)11-17(20(25)21(26)27)16-9-10-18(35-22(28)31-7-2)19(12-16)36-23(29)32-8-3/h9-10,12,14-15,17,20H,6-8,11,13,25H2,1-5H3,(H,26,27)/t14?,15?,17?,20-/m0/s1. The van der Waals surface area contributed by atoms with E-state index in [1.807, 2.05) is 13.8 Å². The Labute approximate surface area is 209 Å². The fourth-order valence-corrected chi connectivity index (χ4v) is 2.99. The van der Waals surface area contributed by atoms with Gasteiger partial charge in [-0.3, -0.25) is 4.79 Å². The molecule has 1 rings (SSSR count). The minimum absolute atomic E-state index is 0.00280. The summed E-state index contributed by atoms with van der Waals surface area (Å²) >= 11 is 0. The third kappa shape index (κ3) is 10.4. The van der Waals surface area contributed by atoms with Gasteiger partial charge < -0.3 is 39.3 Å². The normalized spacial score (nSPS) is 13.9. The van der Waals surface area contributed by atoms with Gasteiger partial charge in [0.2, 0.25) is 0 Å². The van der Waals surface area contributed by atoms with Crippen LogP contribution in [0.1, 0.15) is 58.9 Å². The van der Waals surface area contributed by atoms with Gasteiger partial charge in [-0.1, -0.05) is 26.3 Å². The molecule has 36 heavy (non-hydrogen) atoms. The SMILES string of the molecule is CCOC(=O)Oc1ccc(C(CC(C)OC(=O)OCC(C)CC)[C@H](N)C(=O)O)cc1OC(=O)OCC. The van der Waals surface area contributed by atoms with Gasteiger partial charge in [-0.05, 0) is 50.8 Å². The highest BCUT2D eigenvalue weighted by Crippen LogP contribution is 2.35. The molecule has 0 heterocycles. The van der Waals surface area contributed by atoms with E-state index in [2.05, 4.69) is 0 Å². The first-order valence-electron chi connectivity index (χ1n) is 11.7. The summed E-state index contributed by atoms with van der Waals surface area (Å²) < 4.78 is 30.1. The molecule has 0 bridgehead atoms. The molecule has 12 heteroatoms. The highest BCUT2D eigenvalue weighted by atomic mass is 16.7. The highest BCUT2D eigenvalue weighted by Gasteiger charge is 2.30. The number of nitrogens with two attached hydrogens (primary N) is 1. The summed E-state index contributed by atoms with van der Waals surface area (Å²) in [6.45, 7) is 8.88. The zero-order valence-corrected chi connectivity index (χ0v) is 21.2. The number of aliphatic carboxylic acids is 1. The van der Waals surface area contributed by atoms with Crippen molar-refractivity contribution < 1.29 is 52.7 Å². The number of carboxylic acids is 1. The molecule has 0 saturated carbocycles. The summed E-state index contributed by atoms with van der Waals surface area (Å²) in [6.07, 6.45) is -2.92. The van der Waals surface area contributed by atoms with Crippen LogP contribution in [0.2, 0.25) is 0 Å². The molecule has 0 saturated heterocycles. The van der Waals surface area contributed by atoms with Crippen molar-refractivity contribution in [2.24, 2.45) is 11.7 Å². The van der Waals surface area contributed by atoms with Crippen molar-refractivity contribution in [2.45, 2.75) is 65.5 Å². The van der Waals surface area contributed by atoms with Gasteiger partial charge in [0.1, 0.15) is 12.1 Å². The van der Waals surface area contributed by atoms with Crippen LogP contribution in [-0.4, -0.2) is 61.5 Å². The predicted molar refractivity (Wildman–Crippen MR) is 126 cm³/mol. The van der Waals surface area contributed by atoms with E-state index >= 15 is 0 Å². The van der Waals surface area contributed by atoms with E-state index in [0.717, 1.165) is 6.42 Å². The molecule has 0 spiro atoms. The van der Waals surface area contributed by atoms with Crippen LogP contribution < -0.4 is 15.2 Å². The average Bonchev–Trinajstić information content (AvgIpc) is 2.81. The van der Waals surface area contributed by atoms with Gasteiger partial charge >= 0.3 is 24.4 Å². The molecule has 0 fully saturated rings.